The van der Waals surface area contributed by atoms with Crippen molar-refractivity contribution in [3.63, 3.8) is 0 Å². The summed E-state index contributed by atoms with van der Waals surface area (Å²) >= 11 is 0. The minimum Gasteiger partial charge on any atom is -0.480 e. The van der Waals surface area contributed by atoms with E-state index in [1.54, 1.807) is 0 Å². The summed E-state index contributed by atoms with van der Waals surface area (Å²) in [5.74, 6) is -1.21. The molecule has 0 radical (unpaired) electrons. The first-order chi connectivity index (χ1) is 6.02. The minimum atomic E-state index is -1.25. The topological polar surface area (TPSA) is 98.1 Å². The predicted octanol–water partition coefficient (Wildman–Crippen LogP) is -0.426. The van der Waals surface area contributed by atoms with Crippen molar-refractivity contribution in [2.45, 2.75) is 25.0 Å². The van der Waals surface area contributed by atoms with E-state index >= 15 is 0 Å². The van der Waals surface area contributed by atoms with Gasteiger partial charge in [0.25, 0.3) is 0 Å². The van der Waals surface area contributed by atoms with Crippen molar-refractivity contribution in [3.05, 3.63) is 0 Å². The van der Waals surface area contributed by atoms with Gasteiger partial charge < -0.3 is 15.3 Å². The van der Waals surface area contributed by atoms with Crippen molar-refractivity contribution < 1.29 is 24.9 Å². The zero-order valence-corrected chi connectivity index (χ0v) is 6.88. The first-order valence-corrected chi connectivity index (χ1v) is 3.93. The number of piperidine rings is 1. The van der Waals surface area contributed by atoms with Crippen LogP contribution in [-0.2, 0) is 4.79 Å². The maximum absolute atomic E-state index is 10.6. The van der Waals surface area contributed by atoms with E-state index in [1.807, 2.05) is 0 Å². The van der Waals surface area contributed by atoms with Crippen LogP contribution in [0.1, 0.15) is 12.8 Å². The number of aliphatic hydroxyl groups is 1. The molecule has 0 aromatic heterocycles. The summed E-state index contributed by atoms with van der Waals surface area (Å²) in [6, 6.07) is -1.11. The molecular weight excluding hydrogens is 178 g/mol. The number of carboxylic acids is 1. The molecule has 0 spiro atoms. The molecule has 6 heteroatoms. The molecule has 0 aromatic rings. The van der Waals surface area contributed by atoms with Gasteiger partial charge in [-0.3, -0.25) is 4.90 Å². The third-order valence-corrected chi connectivity index (χ3v) is 2.11. The van der Waals surface area contributed by atoms with Crippen molar-refractivity contribution in [1.29, 1.82) is 0 Å². The molecule has 1 rings (SSSR count). The quantitative estimate of drug-likeness (QED) is 0.520. The summed E-state index contributed by atoms with van der Waals surface area (Å²) in [4.78, 5) is 22.0. The van der Waals surface area contributed by atoms with E-state index in [0.29, 0.717) is 6.42 Å². The van der Waals surface area contributed by atoms with Gasteiger partial charge in [-0.15, -0.1) is 0 Å². The Morgan fingerprint density at radius 3 is 2.38 bits per heavy atom. The summed E-state index contributed by atoms with van der Waals surface area (Å²) in [5.41, 5.74) is 0. The standard InChI is InChI=1S/C7H11NO5/c9-4-1-2-8(7(12)13)5(3-4)6(10)11/h4-5,9H,1-3H2,(H,10,11)(H,12,13)/t4-,5+/m0/s1. The molecule has 0 aromatic carbocycles. The molecular formula is C7H11NO5. The SMILES string of the molecule is O=C(O)[C@H]1C[C@@H](O)CCN1C(=O)O. The highest BCUT2D eigenvalue weighted by molar-refractivity contribution is 5.79. The second kappa shape index (κ2) is 3.61. The molecule has 1 heterocycles. The smallest absolute Gasteiger partial charge is 0.408 e. The maximum atomic E-state index is 10.6. The van der Waals surface area contributed by atoms with E-state index in [0.717, 1.165) is 4.90 Å². The molecule has 1 aliphatic rings. The number of amides is 1. The van der Waals surface area contributed by atoms with E-state index < -0.39 is 24.2 Å². The van der Waals surface area contributed by atoms with Crippen LogP contribution in [0.25, 0.3) is 0 Å². The molecule has 0 saturated carbocycles. The lowest BCUT2D eigenvalue weighted by Crippen LogP contribution is -2.50. The fraction of sp³-hybridized carbons (Fsp3) is 0.714. The number of aliphatic hydroxyl groups excluding tert-OH is 1. The molecule has 1 fully saturated rings. The average molecular weight is 189 g/mol. The van der Waals surface area contributed by atoms with Crippen LogP contribution in [0.5, 0.6) is 0 Å². The van der Waals surface area contributed by atoms with E-state index in [4.69, 9.17) is 15.3 Å². The Hall–Kier alpha value is -1.30. The number of carboxylic acid groups (broad SMARTS) is 2. The van der Waals surface area contributed by atoms with E-state index in [-0.39, 0.29) is 13.0 Å². The summed E-state index contributed by atoms with van der Waals surface area (Å²) in [7, 11) is 0. The first kappa shape index (κ1) is 9.79. The highest BCUT2D eigenvalue weighted by Crippen LogP contribution is 2.17. The van der Waals surface area contributed by atoms with Crippen LogP contribution in [0, 0.1) is 0 Å². The molecule has 6 nitrogen and oxygen atoms in total. The Labute approximate surface area is 74.4 Å². The van der Waals surface area contributed by atoms with Gasteiger partial charge in [0.15, 0.2) is 0 Å². The summed E-state index contributed by atoms with van der Waals surface area (Å²) in [5, 5.41) is 26.4. The predicted molar refractivity (Wildman–Crippen MR) is 41.4 cm³/mol. The van der Waals surface area contributed by atoms with Gasteiger partial charge in [-0.25, -0.2) is 9.59 Å². The van der Waals surface area contributed by atoms with Crippen LogP contribution in [0.2, 0.25) is 0 Å². The van der Waals surface area contributed by atoms with Gasteiger partial charge in [0, 0.05) is 13.0 Å². The Morgan fingerprint density at radius 2 is 1.92 bits per heavy atom. The second-order valence-corrected chi connectivity index (χ2v) is 3.01. The lowest BCUT2D eigenvalue weighted by Gasteiger charge is -2.32. The molecule has 2 atom stereocenters. The fourth-order valence-corrected chi connectivity index (χ4v) is 1.41. The van der Waals surface area contributed by atoms with Crippen molar-refractivity contribution >= 4 is 12.1 Å². The van der Waals surface area contributed by atoms with E-state index in [1.165, 1.54) is 0 Å². The number of nitrogens with zero attached hydrogens (tertiary/aromatic N) is 1. The van der Waals surface area contributed by atoms with Crippen LogP contribution < -0.4 is 0 Å². The van der Waals surface area contributed by atoms with Gasteiger partial charge in [-0.2, -0.15) is 0 Å². The van der Waals surface area contributed by atoms with Crippen LogP contribution in [0.15, 0.2) is 0 Å². The number of hydrogen-bond donors (Lipinski definition) is 3. The van der Waals surface area contributed by atoms with Crippen LogP contribution >= 0.6 is 0 Å². The van der Waals surface area contributed by atoms with E-state index in [2.05, 4.69) is 0 Å². The van der Waals surface area contributed by atoms with Gasteiger partial charge in [0.2, 0.25) is 0 Å². The van der Waals surface area contributed by atoms with Gasteiger partial charge in [0.1, 0.15) is 6.04 Å². The fourth-order valence-electron chi connectivity index (χ4n) is 1.41. The summed E-state index contributed by atoms with van der Waals surface area (Å²) in [6.07, 6.45) is -1.69. The molecule has 13 heavy (non-hydrogen) atoms. The van der Waals surface area contributed by atoms with Crippen LogP contribution in [0.3, 0.4) is 0 Å². The van der Waals surface area contributed by atoms with Gasteiger partial charge in [-0.05, 0) is 6.42 Å². The number of aliphatic carboxylic acids is 1. The Bertz CT molecular complexity index is 229. The van der Waals surface area contributed by atoms with Crippen molar-refractivity contribution in [1.82, 2.24) is 4.90 Å². The van der Waals surface area contributed by atoms with E-state index in [9.17, 15) is 9.59 Å². The molecule has 1 aliphatic heterocycles. The third kappa shape index (κ3) is 2.09. The number of hydrogen-bond acceptors (Lipinski definition) is 3. The zero-order chi connectivity index (χ0) is 10.0. The number of rotatable bonds is 1. The lowest BCUT2D eigenvalue weighted by atomic mass is 10.0. The minimum absolute atomic E-state index is 0.0262. The summed E-state index contributed by atoms with van der Waals surface area (Å²) < 4.78 is 0. The van der Waals surface area contributed by atoms with Crippen LogP contribution in [0.4, 0.5) is 4.79 Å². The molecule has 0 aliphatic carbocycles. The largest absolute Gasteiger partial charge is 0.480 e. The molecule has 0 bridgehead atoms. The molecule has 1 saturated heterocycles. The number of carbonyl (C=O) groups is 2. The summed E-state index contributed by atoms with van der Waals surface area (Å²) in [6.45, 7) is 0.0769. The first-order valence-electron chi connectivity index (χ1n) is 3.93. The normalized spacial score (nSPS) is 28.5. The van der Waals surface area contributed by atoms with Gasteiger partial charge in [0.05, 0.1) is 6.10 Å². The highest BCUT2D eigenvalue weighted by atomic mass is 16.4. The Morgan fingerprint density at radius 1 is 1.31 bits per heavy atom. The lowest BCUT2D eigenvalue weighted by molar-refractivity contribution is -0.145. The molecule has 3 N–H and O–H groups in total. The second-order valence-electron chi connectivity index (χ2n) is 3.01. The van der Waals surface area contributed by atoms with Crippen molar-refractivity contribution in [3.8, 4) is 0 Å². The number of likely N-dealkylation sites (tertiary alicyclic amines) is 1. The van der Waals surface area contributed by atoms with Gasteiger partial charge >= 0.3 is 12.1 Å². The average Bonchev–Trinajstić information content (AvgIpc) is 2.03. The van der Waals surface area contributed by atoms with Crippen LogP contribution in [-0.4, -0.2) is 51.0 Å². The van der Waals surface area contributed by atoms with Crippen molar-refractivity contribution in [2.75, 3.05) is 6.54 Å². The monoisotopic (exact) mass is 189 g/mol. The maximum Gasteiger partial charge on any atom is 0.408 e. The zero-order valence-electron chi connectivity index (χ0n) is 6.88. The molecule has 74 valence electrons. The van der Waals surface area contributed by atoms with Gasteiger partial charge in [-0.1, -0.05) is 0 Å². The third-order valence-electron chi connectivity index (χ3n) is 2.11. The van der Waals surface area contributed by atoms with Crippen molar-refractivity contribution in [2.24, 2.45) is 0 Å². The molecule has 0 unspecified atom stereocenters. The molecule has 1 amide bonds. The Kier molecular flexibility index (Phi) is 2.72. The Balaban J connectivity index is 2.72. The highest BCUT2D eigenvalue weighted by Gasteiger charge is 2.35.